The van der Waals surface area contributed by atoms with Crippen molar-refractivity contribution < 1.29 is 23.9 Å². The molecular weight excluding hydrogens is 520 g/mol. The van der Waals surface area contributed by atoms with Crippen LogP contribution < -0.4 is 5.32 Å². The number of pyridine rings is 1. The molecular formula is C32H40N2O5Si. The molecule has 1 heterocycles. The summed E-state index contributed by atoms with van der Waals surface area (Å²) in [5.74, 6) is -1.16. The maximum Gasteiger partial charge on any atom is 0.407 e. The lowest BCUT2D eigenvalue weighted by molar-refractivity contribution is -0.139. The molecule has 0 spiro atoms. The van der Waals surface area contributed by atoms with Crippen LogP contribution in [0.5, 0.6) is 0 Å². The summed E-state index contributed by atoms with van der Waals surface area (Å²) in [5.41, 5.74) is 6.40. The lowest BCUT2D eigenvalue weighted by Crippen LogP contribution is -2.41. The van der Waals surface area contributed by atoms with E-state index in [1.54, 1.807) is 0 Å². The van der Waals surface area contributed by atoms with E-state index in [4.69, 9.17) is 9.16 Å². The van der Waals surface area contributed by atoms with Crippen LogP contribution in [0.25, 0.3) is 11.1 Å². The molecule has 40 heavy (non-hydrogen) atoms. The van der Waals surface area contributed by atoms with Crippen LogP contribution in [0.4, 0.5) is 4.79 Å². The summed E-state index contributed by atoms with van der Waals surface area (Å²) in [5, 5.41) is 12.4. The quantitative estimate of drug-likeness (QED) is 0.247. The van der Waals surface area contributed by atoms with Crippen molar-refractivity contribution in [3.63, 3.8) is 0 Å². The fourth-order valence-corrected chi connectivity index (χ4v) is 5.65. The van der Waals surface area contributed by atoms with Crippen molar-refractivity contribution in [2.75, 3.05) is 6.61 Å². The fraction of sp³-hybridized carbons (Fsp3) is 0.406. The van der Waals surface area contributed by atoms with Crippen molar-refractivity contribution in [3.8, 4) is 11.1 Å². The minimum absolute atomic E-state index is 0.0795. The molecule has 0 bridgehead atoms. The second kappa shape index (κ2) is 12.4. The number of rotatable bonds is 11. The third kappa shape index (κ3) is 6.98. The molecule has 1 atom stereocenters. The number of alkyl carbamates (subject to hydrolysis) is 1. The maximum absolute atomic E-state index is 12.6. The van der Waals surface area contributed by atoms with Gasteiger partial charge >= 0.3 is 12.1 Å². The van der Waals surface area contributed by atoms with Crippen LogP contribution in [0.1, 0.15) is 61.9 Å². The molecule has 2 aromatic carbocycles. The average molecular weight is 561 g/mol. The van der Waals surface area contributed by atoms with Gasteiger partial charge < -0.3 is 19.6 Å². The molecule has 2 N–H and O–H groups in total. The lowest BCUT2D eigenvalue weighted by Gasteiger charge is -2.36. The molecule has 212 valence electrons. The number of nitrogens with one attached hydrogen (secondary N) is 1. The SMILES string of the molecule is CC(C)(C)[Si](C)(C)OCc1ccc(CCC[C@H](NC(=O)OCC2c3ccccc3-c3ccccc32)C(=O)O)cn1. The summed E-state index contributed by atoms with van der Waals surface area (Å²) < 4.78 is 11.8. The molecule has 0 radical (unpaired) electrons. The molecule has 4 rings (SSSR count). The van der Waals surface area contributed by atoms with Crippen molar-refractivity contribution in [3.05, 3.63) is 89.2 Å². The number of carboxylic acid groups (broad SMARTS) is 1. The Morgan fingerprint density at radius 3 is 2.17 bits per heavy atom. The van der Waals surface area contributed by atoms with E-state index in [0.717, 1.165) is 33.5 Å². The first-order valence-electron chi connectivity index (χ1n) is 13.9. The highest BCUT2D eigenvalue weighted by Gasteiger charge is 2.37. The molecule has 0 saturated heterocycles. The molecule has 1 aliphatic rings. The number of carboxylic acids is 1. The van der Waals surface area contributed by atoms with Gasteiger partial charge in [-0.05, 0) is 71.3 Å². The predicted molar refractivity (Wildman–Crippen MR) is 159 cm³/mol. The Kier molecular flexibility index (Phi) is 9.11. The van der Waals surface area contributed by atoms with E-state index in [-0.39, 0.29) is 24.0 Å². The second-order valence-electron chi connectivity index (χ2n) is 12.0. The minimum atomic E-state index is -1.84. The van der Waals surface area contributed by atoms with E-state index in [1.807, 2.05) is 54.7 Å². The number of aromatic nitrogens is 1. The van der Waals surface area contributed by atoms with Gasteiger partial charge in [-0.1, -0.05) is 75.4 Å². The van der Waals surface area contributed by atoms with E-state index >= 15 is 0 Å². The molecule has 1 aromatic heterocycles. The highest BCUT2D eigenvalue weighted by atomic mass is 28.4. The number of amides is 1. The summed E-state index contributed by atoms with van der Waals surface area (Å²) >= 11 is 0. The summed E-state index contributed by atoms with van der Waals surface area (Å²) in [6, 6.07) is 19.1. The monoisotopic (exact) mass is 560 g/mol. The number of nitrogens with zero attached hydrogens (tertiary/aromatic N) is 1. The number of carbonyl (C=O) groups excluding carboxylic acids is 1. The summed E-state index contributed by atoms with van der Waals surface area (Å²) in [6.07, 6.45) is 2.63. The normalized spacial score (nSPS) is 13.8. The first-order chi connectivity index (χ1) is 19.0. The first-order valence-corrected chi connectivity index (χ1v) is 16.8. The number of ether oxygens (including phenoxy) is 1. The van der Waals surface area contributed by atoms with Gasteiger partial charge in [0.15, 0.2) is 8.32 Å². The number of aryl methyl sites for hydroxylation is 1. The Balaban J connectivity index is 1.25. The standard InChI is InChI=1S/C32H40N2O5Si/c1-32(2,3)40(4,5)39-20-23-18-17-22(19-33-23)11-10-16-29(30(35)36)34-31(37)38-21-28-26-14-8-6-12-24(26)25-13-7-9-15-27(25)28/h6-9,12-15,17-19,28-29H,10-11,16,20-21H2,1-5H3,(H,34,37)(H,35,36)/t29-/m0/s1. The molecule has 1 aliphatic carbocycles. The van der Waals surface area contributed by atoms with Crippen LogP contribution in [0.3, 0.4) is 0 Å². The molecule has 7 nitrogen and oxygen atoms in total. The number of benzene rings is 2. The molecule has 0 unspecified atom stereocenters. The molecule has 0 aliphatic heterocycles. The zero-order chi connectivity index (χ0) is 28.9. The molecule has 8 heteroatoms. The Labute approximate surface area is 238 Å². The smallest absolute Gasteiger partial charge is 0.407 e. The van der Waals surface area contributed by atoms with Gasteiger partial charge in [-0.25, -0.2) is 9.59 Å². The largest absolute Gasteiger partial charge is 0.480 e. The predicted octanol–water partition coefficient (Wildman–Crippen LogP) is 6.92. The van der Waals surface area contributed by atoms with Gasteiger partial charge in [0.1, 0.15) is 12.6 Å². The van der Waals surface area contributed by atoms with E-state index in [2.05, 4.69) is 56.3 Å². The highest BCUT2D eigenvalue weighted by Crippen LogP contribution is 2.44. The maximum atomic E-state index is 12.6. The first kappa shape index (κ1) is 29.5. The molecule has 0 saturated carbocycles. The summed E-state index contributed by atoms with van der Waals surface area (Å²) in [7, 11) is -1.84. The van der Waals surface area contributed by atoms with Crippen molar-refractivity contribution in [2.24, 2.45) is 0 Å². The number of carbonyl (C=O) groups is 2. The van der Waals surface area contributed by atoms with Crippen molar-refractivity contribution >= 4 is 20.4 Å². The average Bonchev–Trinajstić information content (AvgIpc) is 3.24. The van der Waals surface area contributed by atoms with E-state index in [0.29, 0.717) is 19.4 Å². The zero-order valence-corrected chi connectivity index (χ0v) is 25.1. The van der Waals surface area contributed by atoms with Gasteiger partial charge in [-0.3, -0.25) is 4.98 Å². The van der Waals surface area contributed by atoms with Gasteiger partial charge in [0.25, 0.3) is 0 Å². The second-order valence-corrected chi connectivity index (χ2v) is 16.8. The highest BCUT2D eigenvalue weighted by molar-refractivity contribution is 6.74. The minimum Gasteiger partial charge on any atom is -0.480 e. The van der Waals surface area contributed by atoms with Gasteiger partial charge in [0.2, 0.25) is 0 Å². The Morgan fingerprint density at radius 2 is 1.62 bits per heavy atom. The van der Waals surface area contributed by atoms with Gasteiger partial charge in [0.05, 0.1) is 12.3 Å². The van der Waals surface area contributed by atoms with Crippen molar-refractivity contribution in [1.29, 1.82) is 0 Å². The van der Waals surface area contributed by atoms with Crippen LogP contribution in [-0.4, -0.2) is 43.1 Å². The van der Waals surface area contributed by atoms with Gasteiger partial charge in [0, 0.05) is 12.1 Å². The van der Waals surface area contributed by atoms with Gasteiger partial charge in [-0.2, -0.15) is 0 Å². The number of fused-ring (bicyclic) bond motifs is 3. The van der Waals surface area contributed by atoms with E-state index < -0.39 is 26.4 Å². The summed E-state index contributed by atoms with van der Waals surface area (Å²) in [6.45, 7) is 11.7. The van der Waals surface area contributed by atoms with Crippen LogP contribution in [0, 0.1) is 0 Å². The van der Waals surface area contributed by atoms with Gasteiger partial charge in [-0.15, -0.1) is 0 Å². The molecule has 3 aromatic rings. The fourth-order valence-electron chi connectivity index (χ4n) is 4.71. The lowest BCUT2D eigenvalue weighted by atomic mass is 9.98. The van der Waals surface area contributed by atoms with E-state index in [9.17, 15) is 14.7 Å². The Bertz CT molecular complexity index is 1290. The van der Waals surface area contributed by atoms with Crippen LogP contribution in [0.15, 0.2) is 66.9 Å². The number of hydrogen-bond acceptors (Lipinski definition) is 5. The Morgan fingerprint density at radius 1 is 1.00 bits per heavy atom. The summed E-state index contributed by atoms with van der Waals surface area (Å²) in [4.78, 5) is 29.0. The number of aliphatic carboxylic acids is 1. The molecule has 0 fully saturated rings. The van der Waals surface area contributed by atoms with Crippen LogP contribution in [-0.2, 0) is 27.0 Å². The third-order valence-corrected chi connectivity index (χ3v) is 12.6. The zero-order valence-electron chi connectivity index (χ0n) is 24.1. The molecule has 1 amide bonds. The van der Waals surface area contributed by atoms with Crippen LogP contribution >= 0.6 is 0 Å². The topological polar surface area (TPSA) is 97.8 Å². The third-order valence-electron chi connectivity index (χ3n) is 8.17. The Hall–Kier alpha value is -3.49. The van der Waals surface area contributed by atoms with Crippen molar-refractivity contribution in [2.45, 2.75) is 76.7 Å². The number of hydrogen-bond donors (Lipinski definition) is 2. The van der Waals surface area contributed by atoms with Crippen LogP contribution in [0.2, 0.25) is 18.1 Å². The van der Waals surface area contributed by atoms with E-state index in [1.165, 1.54) is 0 Å². The van der Waals surface area contributed by atoms with Crippen molar-refractivity contribution in [1.82, 2.24) is 10.3 Å².